The van der Waals surface area contributed by atoms with Crippen LogP contribution in [0.4, 0.5) is 5.69 Å². The van der Waals surface area contributed by atoms with Gasteiger partial charge < -0.3 is 5.32 Å². The maximum atomic E-state index is 12.7. The van der Waals surface area contributed by atoms with Gasteiger partial charge >= 0.3 is 0 Å². The maximum Gasteiger partial charge on any atom is 0.258 e. The number of nitrogens with one attached hydrogen (secondary N) is 1. The number of halogens is 1. The lowest BCUT2D eigenvalue weighted by Crippen LogP contribution is -2.27. The number of nitrogens with zero attached hydrogens (tertiary/aromatic N) is 3. The van der Waals surface area contributed by atoms with Gasteiger partial charge in [-0.1, -0.05) is 41.4 Å². The number of hydrogen-bond donors (Lipinski definition) is 1. The van der Waals surface area contributed by atoms with E-state index >= 15 is 0 Å². The number of aryl methyl sites for hydroxylation is 1. The lowest BCUT2D eigenvalue weighted by atomic mass is 10.2. The minimum Gasteiger partial charge on any atom is -0.321 e. The summed E-state index contributed by atoms with van der Waals surface area (Å²) in [6.07, 6.45) is 2.70. The van der Waals surface area contributed by atoms with Crippen molar-refractivity contribution < 1.29 is 13.2 Å². The summed E-state index contributed by atoms with van der Waals surface area (Å²) in [7, 11) is -2.21. The first kappa shape index (κ1) is 20.9. The number of anilines is 1. The Morgan fingerprint density at radius 2 is 1.69 bits per heavy atom. The summed E-state index contributed by atoms with van der Waals surface area (Å²) in [4.78, 5) is 20.7. The van der Waals surface area contributed by atoms with Gasteiger partial charge in [0, 0.05) is 19.4 Å². The van der Waals surface area contributed by atoms with Gasteiger partial charge in [0.1, 0.15) is 5.82 Å². The number of para-hydroxylation sites is 1. The van der Waals surface area contributed by atoms with Crippen LogP contribution in [-0.2, 0) is 16.6 Å². The molecular formula is C20H19ClN4O3S. The van der Waals surface area contributed by atoms with E-state index in [-0.39, 0.29) is 22.8 Å². The van der Waals surface area contributed by atoms with Crippen molar-refractivity contribution in [3.8, 4) is 0 Å². The van der Waals surface area contributed by atoms with Crippen molar-refractivity contribution in [2.75, 3.05) is 12.4 Å². The lowest BCUT2D eigenvalue weighted by Gasteiger charge is -2.16. The predicted molar refractivity (Wildman–Crippen MR) is 111 cm³/mol. The van der Waals surface area contributed by atoms with Gasteiger partial charge in [-0.25, -0.2) is 18.4 Å². The molecule has 0 bridgehead atoms. The smallest absolute Gasteiger partial charge is 0.258 e. The summed E-state index contributed by atoms with van der Waals surface area (Å²) in [6, 6.07) is 13.5. The monoisotopic (exact) mass is 430 g/mol. The number of carbonyl (C=O) groups excluding carboxylic acids is 1. The third-order valence-electron chi connectivity index (χ3n) is 4.18. The second-order valence-electron chi connectivity index (χ2n) is 6.40. The van der Waals surface area contributed by atoms with E-state index < -0.39 is 15.9 Å². The van der Waals surface area contributed by atoms with Crippen LogP contribution in [0.1, 0.15) is 21.7 Å². The molecular weight excluding hydrogens is 412 g/mol. The van der Waals surface area contributed by atoms with Crippen LogP contribution in [0.2, 0.25) is 5.02 Å². The van der Waals surface area contributed by atoms with Crippen LogP contribution in [0.5, 0.6) is 0 Å². The molecule has 7 nitrogen and oxygen atoms in total. The first-order valence-corrected chi connectivity index (χ1v) is 10.5. The zero-order valence-electron chi connectivity index (χ0n) is 15.8. The average Bonchev–Trinajstić information content (AvgIpc) is 2.70. The molecule has 1 heterocycles. The normalized spacial score (nSPS) is 11.4. The largest absolute Gasteiger partial charge is 0.321 e. The van der Waals surface area contributed by atoms with E-state index in [0.717, 1.165) is 9.87 Å². The van der Waals surface area contributed by atoms with Crippen molar-refractivity contribution in [1.82, 2.24) is 14.3 Å². The number of sulfonamides is 1. The average molecular weight is 431 g/mol. The van der Waals surface area contributed by atoms with Crippen molar-refractivity contribution in [2.45, 2.75) is 18.4 Å². The second-order valence-corrected chi connectivity index (χ2v) is 8.85. The summed E-state index contributed by atoms with van der Waals surface area (Å²) in [5.74, 6) is -0.136. The summed E-state index contributed by atoms with van der Waals surface area (Å²) in [5.41, 5.74) is 1.69. The van der Waals surface area contributed by atoms with Crippen molar-refractivity contribution in [3.63, 3.8) is 0 Å². The van der Waals surface area contributed by atoms with E-state index in [0.29, 0.717) is 10.7 Å². The fourth-order valence-corrected chi connectivity index (χ4v) is 3.79. The zero-order chi connectivity index (χ0) is 21.0. The Kier molecular flexibility index (Phi) is 6.26. The van der Waals surface area contributed by atoms with Gasteiger partial charge in [-0.2, -0.15) is 4.31 Å². The second kappa shape index (κ2) is 8.69. The number of amides is 1. The minimum absolute atomic E-state index is 0.0252. The zero-order valence-corrected chi connectivity index (χ0v) is 17.4. The van der Waals surface area contributed by atoms with E-state index in [9.17, 15) is 13.2 Å². The van der Waals surface area contributed by atoms with Gasteiger partial charge in [-0.05, 0) is 31.2 Å². The predicted octanol–water partition coefficient (Wildman–Crippen LogP) is 3.51. The van der Waals surface area contributed by atoms with E-state index in [1.165, 1.54) is 19.4 Å². The molecule has 0 saturated heterocycles. The molecule has 0 aliphatic heterocycles. The highest BCUT2D eigenvalue weighted by Crippen LogP contribution is 2.21. The summed E-state index contributed by atoms with van der Waals surface area (Å²) < 4.78 is 26.5. The highest BCUT2D eigenvalue weighted by molar-refractivity contribution is 7.89. The Hall–Kier alpha value is -2.81. The molecule has 0 aliphatic carbocycles. The minimum atomic E-state index is -3.67. The Bertz CT molecular complexity index is 1120. The van der Waals surface area contributed by atoms with E-state index in [1.807, 2.05) is 6.92 Å². The van der Waals surface area contributed by atoms with Crippen LogP contribution in [0.3, 0.4) is 0 Å². The fraction of sp³-hybridized carbons (Fsp3) is 0.150. The Morgan fingerprint density at radius 3 is 2.31 bits per heavy atom. The van der Waals surface area contributed by atoms with Gasteiger partial charge in [-0.3, -0.25) is 4.79 Å². The number of aromatic nitrogens is 2. The summed E-state index contributed by atoms with van der Waals surface area (Å²) in [5, 5.41) is 3.10. The molecule has 0 saturated carbocycles. The Morgan fingerprint density at radius 1 is 1.07 bits per heavy atom. The third-order valence-corrected chi connectivity index (χ3v) is 6.33. The molecule has 0 unspecified atom stereocenters. The van der Waals surface area contributed by atoms with E-state index in [2.05, 4.69) is 15.3 Å². The molecule has 1 aromatic heterocycles. The van der Waals surface area contributed by atoms with Crippen LogP contribution < -0.4 is 5.32 Å². The standard InChI is InChI=1S/C20H19ClN4O3S/c1-14-7-9-16(10-8-14)29(27,28)25(2)13-19-22-11-15(12-23-19)20(26)24-18-6-4-3-5-17(18)21/h3-12H,13H2,1-2H3,(H,24,26). The molecule has 2 aromatic carbocycles. The van der Waals surface area contributed by atoms with E-state index in [4.69, 9.17) is 11.6 Å². The Balaban J connectivity index is 1.69. The van der Waals surface area contributed by atoms with Gasteiger partial charge in [0.05, 0.1) is 27.7 Å². The summed E-state index contributed by atoms with van der Waals surface area (Å²) in [6.45, 7) is 1.86. The van der Waals surface area contributed by atoms with Crippen molar-refractivity contribution >= 4 is 33.2 Å². The van der Waals surface area contributed by atoms with Crippen LogP contribution >= 0.6 is 11.6 Å². The van der Waals surface area contributed by atoms with E-state index in [1.54, 1.807) is 48.5 Å². The van der Waals surface area contributed by atoms with Crippen molar-refractivity contribution in [3.05, 3.63) is 82.9 Å². The lowest BCUT2D eigenvalue weighted by molar-refractivity contribution is 0.102. The van der Waals surface area contributed by atoms with Gasteiger partial charge in [-0.15, -0.1) is 0 Å². The molecule has 3 rings (SSSR count). The number of benzene rings is 2. The fourth-order valence-electron chi connectivity index (χ4n) is 2.49. The molecule has 9 heteroatoms. The number of rotatable bonds is 6. The maximum absolute atomic E-state index is 12.7. The molecule has 0 fully saturated rings. The molecule has 150 valence electrons. The molecule has 3 aromatic rings. The highest BCUT2D eigenvalue weighted by Gasteiger charge is 2.21. The van der Waals surface area contributed by atoms with Crippen LogP contribution in [0.15, 0.2) is 65.8 Å². The van der Waals surface area contributed by atoms with Crippen LogP contribution in [0.25, 0.3) is 0 Å². The van der Waals surface area contributed by atoms with Gasteiger partial charge in [0.15, 0.2) is 0 Å². The molecule has 29 heavy (non-hydrogen) atoms. The molecule has 1 amide bonds. The molecule has 0 radical (unpaired) electrons. The molecule has 0 spiro atoms. The van der Waals surface area contributed by atoms with Crippen LogP contribution in [0, 0.1) is 6.92 Å². The van der Waals surface area contributed by atoms with Crippen LogP contribution in [-0.4, -0.2) is 35.6 Å². The quantitative estimate of drug-likeness (QED) is 0.646. The SMILES string of the molecule is Cc1ccc(S(=O)(=O)N(C)Cc2ncc(C(=O)Nc3ccccc3Cl)cn2)cc1. The molecule has 0 atom stereocenters. The highest BCUT2D eigenvalue weighted by atomic mass is 35.5. The molecule has 0 aliphatic rings. The number of hydrogen-bond acceptors (Lipinski definition) is 5. The van der Waals surface area contributed by atoms with Crippen molar-refractivity contribution in [2.24, 2.45) is 0 Å². The first-order valence-electron chi connectivity index (χ1n) is 8.67. The van der Waals surface area contributed by atoms with Gasteiger partial charge in [0.25, 0.3) is 5.91 Å². The topological polar surface area (TPSA) is 92.3 Å². The Labute approximate surface area is 174 Å². The number of carbonyl (C=O) groups is 1. The third kappa shape index (κ3) is 4.97. The van der Waals surface area contributed by atoms with Crippen molar-refractivity contribution in [1.29, 1.82) is 0 Å². The molecule has 1 N–H and O–H groups in total. The summed E-state index contributed by atoms with van der Waals surface area (Å²) >= 11 is 6.03. The van der Waals surface area contributed by atoms with Gasteiger partial charge in [0.2, 0.25) is 10.0 Å². The first-order chi connectivity index (χ1) is 13.8.